The van der Waals surface area contributed by atoms with E-state index in [0.717, 1.165) is 18.3 Å². The normalized spacial score (nSPS) is 13.7. The van der Waals surface area contributed by atoms with Gasteiger partial charge in [0.2, 0.25) is 0 Å². The van der Waals surface area contributed by atoms with Crippen LogP contribution in [0.15, 0.2) is 0 Å². The van der Waals surface area contributed by atoms with Gasteiger partial charge in [-0.15, -0.1) is 0 Å². The summed E-state index contributed by atoms with van der Waals surface area (Å²) in [7, 11) is 0. The molecule has 0 bridgehead atoms. The van der Waals surface area contributed by atoms with Crippen LogP contribution in [0.3, 0.4) is 0 Å². The van der Waals surface area contributed by atoms with Crippen LogP contribution in [0.1, 0.15) is 156 Å². The van der Waals surface area contributed by atoms with E-state index < -0.39 is 0 Å². The van der Waals surface area contributed by atoms with Crippen molar-refractivity contribution in [1.82, 2.24) is 0 Å². The maximum absolute atomic E-state index is 3.92. The lowest BCUT2D eigenvalue weighted by Gasteiger charge is -2.13. The van der Waals surface area contributed by atoms with Crippen molar-refractivity contribution in [3.05, 3.63) is 13.3 Å². The Morgan fingerprint density at radius 1 is 0.571 bits per heavy atom. The van der Waals surface area contributed by atoms with Crippen LogP contribution in [0.4, 0.5) is 0 Å². The second-order valence-corrected chi connectivity index (χ2v) is 9.63. The van der Waals surface area contributed by atoms with E-state index in [1.807, 2.05) is 0 Å². The molecule has 0 rings (SSSR count). The van der Waals surface area contributed by atoms with Crippen molar-refractivity contribution in [1.29, 1.82) is 0 Å². The lowest BCUT2D eigenvalue weighted by atomic mass is 9.93. The van der Waals surface area contributed by atoms with E-state index in [4.69, 9.17) is 0 Å². The van der Waals surface area contributed by atoms with E-state index >= 15 is 0 Å². The summed E-state index contributed by atoms with van der Waals surface area (Å²) >= 11 is 0. The fraction of sp³-hybridized carbons (Fsp3) is 0.929. The zero-order valence-corrected chi connectivity index (χ0v) is 20.3. The van der Waals surface area contributed by atoms with Gasteiger partial charge in [-0.25, -0.2) is 0 Å². The highest BCUT2D eigenvalue weighted by Gasteiger charge is 2.05. The molecule has 0 aliphatic heterocycles. The van der Waals surface area contributed by atoms with E-state index in [0.29, 0.717) is 0 Å². The highest BCUT2D eigenvalue weighted by atomic mass is 14.1. The van der Waals surface area contributed by atoms with Crippen LogP contribution in [0.25, 0.3) is 0 Å². The first-order valence-corrected chi connectivity index (χ1v) is 13.3. The standard InChI is InChI=1S/C28H56/c1-5-7-9-11-13-14-16-18-20-24-28(4)26-22-21-25-27(3)23-19-17-15-12-10-8-6-2/h23,27-28H,1,5-22,24-26H2,2-4H3. The number of unbranched alkanes of at least 4 members (excludes halogenated alkanes) is 15. The third-order valence-corrected chi connectivity index (χ3v) is 6.43. The van der Waals surface area contributed by atoms with Crippen molar-refractivity contribution in [2.24, 2.45) is 11.8 Å². The molecule has 0 aliphatic carbocycles. The molecule has 0 amide bonds. The van der Waals surface area contributed by atoms with Crippen LogP contribution in [-0.2, 0) is 0 Å². The molecule has 0 aromatic rings. The molecule has 0 aromatic heterocycles. The van der Waals surface area contributed by atoms with Gasteiger partial charge in [0.1, 0.15) is 0 Å². The van der Waals surface area contributed by atoms with Crippen molar-refractivity contribution in [3.63, 3.8) is 0 Å². The van der Waals surface area contributed by atoms with Gasteiger partial charge in [0.05, 0.1) is 0 Å². The Bertz CT molecular complexity index is 269. The Balaban J connectivity index is 3.27. The van der Waals surface area contributed by atoms with Crippen LogP contribution in [-0.4, -0.2) is 0 Å². The van der Waals surface area contributed by atoms with Crippen LogP contribution in [0, 0.1) is 25.2 Å². The zero-order valence-electron chi connectivity index (χ0n) is 20.3. The SMILES string of the molecule is [CH2]CCCCCCCCCCC(C)CCCCC(C)[CH]CCCCCCCC. The zero-order chi connectivity index (χ0) is 20.7. The summed E-state index contributed by atoms with van der Waals surface area (Å²) in [5, 5.41) is 0. The van der Waals surface area contributed by atoms with Crippen molar-refractivity contribution < 1.29 is 0 Å². The molecule has 0 heterocycles. The van der Waals surface area contributed by atoms with E-state index in [9.17, 15) is 0 Å². The summed E-state index contributed by atoms with van der Waals surface area (Å²) in [4.78, 5) is 0. The third-order valence-electron chi connectivity index (χ3n) is 6.43. The highest BCUT2D eigenvalue weighted by molar-refractivity contribution is 4.72. The molecular formula is C28H56. The molecule has 0 saturated heterocycles. The van der Waals surface area contributed by atoms with E-state index in [1.165, 1.54) is 128 Å². The summed E-state index contributed by atoms with van der Waals surface area (Å²) in [5.41, 5.74) is 0. The van der Waals surface area contributed by atoms with E-state index in [1.54, 1.807) is 0 Å². The second-order valence-electron chi connectivity index (χ2n) is 9.63. The molecule has 28 heavy (non-hydrogen) atoms. The predicted molar refractivity (Wildman–Crippen MR) is 131 cm³/mol. The Hall–Kier alpha value is 0. The lowest BCUT2D eigenvalue weighted by molar-refractivity contribution is 0.422. The smallest absolute Gasteiger partial charge is 0.0358 e. The van der Waals surface area contributed by atoms with Gasteiger partial charge >= 0.3 is 0 Å². The highest BCUT2D eigenvalue weighted by Crippen LogP contribution is 2.21. The number of hydrogen-bond acceptors (Lipinski definition) is 0. The molecule has 0 heteroatoms. The molecule has 0 N–H and O–H groups in total. The molecule has 168 valence electrons. The molecule has 0 fully saturated rings. The van der Waals surface area contributed by atoms with Crippen LogP contribution < -0.4 is 0 Å². The van der Waals surface area contributed by atoms with Gasteiger partial charge in [-0.3, -0.25) is 0 Å². The van der Waals surface area contributed by atoms with Crippen molar-refractivity contribution in [3.8, 4) is 0 Å². The molecule has 0 nitrogen and oxygen atoms in total. The van der Waals surface area contributed by atoms with Crippen LogP contribution in [0.5, 0.6) is 0 Å². The minimum atomic E-state index is 0.833. The van der Waals surface area contributed by atoms with Gasteiger partial charge in [0.15, 0.2) is 0 Å². The van der Waals surface area contributed by atoms with Gasteiger partial charge < -0.3 is 0 Å². The van der Waals surface area contributed by atoms with Gasteiger partial charge in [0, 0.05) is 0 Å². The first-order valence-electron chi connectivity index (χ1n) is 13.3. The number of rotatable bonds is 23. The van der Waals surface area contributed by atoms with Crippen molar-refractivity contribution in [2.45, 2.75) is 156 Å². The van der Waals surface area contributed by atoms with Gasteiger partial charge in [-0.2, -0.15) is 0 Å². The summed E-state index contributed by atoms with van der Waals surface area (Å²) in [5.74, 6) is 1.78. The fourth-order valence-corrected chi connectivity index (χ4v) is 4.28. The van der Waals surface area contributed by atoms with Crippen LogP contribution in [0.2, 0.25) is 0 Å². The van der Waals surface area contributed by atoms with Crippen molar-refractivity contribution in [2.75, 3.05) is 0 Å². The maximum Gasteiger partial charge on any atom is -0.0358 e. The second kappa shape index (κ2) is 23.3. The number of hydrogen-bond donors (Lipinski definition) is 0. The van der Waals surface area contributed by atoms with Crippen LogP contribution >= 0.6 is 0 Å². The monoisotopic (exact) mass is 392 g/mol. The first-order chi connectivity index (χ1) is 13.7. The Morgan fingerprint density at radius 3 is 1.64 bits per heavy atom. The van der Waals surface area contributed by atoms with E-state index in [-0.39, 0.29) is 0 Å². The predicted octanol–water partition coefficient (Wildman–Crippen LogP) is 10.5. The molecular weight excluding hydrogens is 336 g/mol. The molecule has 0 aromatic carbocycles. The minimum absolute atomic E-state index is 0.833. The Morgan fingerprint density at radius 2 is 1.04 bits per heavy atom. The van der Waals surface area contributed by atoms with E-state index in [2.05, 4.69) is 34.1 Å². The summed E-state index contributed by atoms with van der Waals surface area (Å²) in [6, 6.07) is 0. The molecule has 0 saturated carbocycles. The molecule has 0 aliphatic rings. The summed E-state index contributed by atoms with van der Waals surface area (Å²) in [6.07, 6.45) is 32.3. The average Bonchev–Trinajstić information content (AvgIpc) is 2.69. The molecule has 0 spiro atoms. The molecule has 2 atom stereocenters. The topological polar surface area (TPSA) is 0 Å². The summed E-state index contributed by atoms with van der Waals surface area (Å²) in [6.45, 7) is 11.1. The van der Waals surface area contributed by atoms with Gasteiger partial charge in [-0.05, 0) is 24.7 Å². The first kappa shape index (κ1) is 28.0. The quantitative estimate of drug-likeness (QED) is 0.152. The lowest BCUT2D eigenvalue weighted by Crippen LogP contribution is -1.99. The maximum atomic E-state index is 3.92. The Labute approximate surface area is 181 Å². The largest absolute Gasteiger partial charge is 0.0654 e. The van der Waals surface area contributed by atoms with Gasteiger partial charge in [0.25, 0.3) is 0 Å². The molecule has 2 radical (unpaired) electrons. The molecule has 2 unspecified atom stereocenters. The Kier molecular flexibility index (Phi) is 23.3. The average molecular weight is 393 g/mol. The summed E-state index contributed by atoms with van der Waals surface area (Å²) < 4.78 is 0. The minimum Gasteiger partial charge on any atom is -0.0654 e. The third kappa shape index (κ3) is 22.3. The van der Waals surface area contributed by atoms with Crippen molar-refractivity contribution >= 4 is 0 Å². The van der Waals surface area contributed by atoms with Gasteiger partial charge in [-0.1, -0.05) is 156 Å². The fourth-order valence-electron chi connectivity index (χ4n) is 4.28.